The van der Waals surface area contributed by atoms with Crippen LogP contribution in [0.4, 0.5) is 0 Å². The molecule has 2 heteroatoms. The van der Waals surface area contributed by atoms with Crippen molar-refractivity contribution in [3.63, 3.8) is 0 Å². The number of fused-ring (bicyclic) bond motifs is 4. The zero-order valence-electron chi connectivity index (χ0n) is 17.4. The van der Waals surface area contributed by atoms with E-state index in [-0.39, 0.29) is 0 Å². The lowest BCUT2D eigenvalue weighted by molar-refractivity contribution is 1.04. The molecular weight excluding hydrogens is 376 g/mol. The maximum Gasteiger partial charge on any atom is 0.0541 e. The van der Waals surface area contributed by atoms with Crippen molar-refractivity contribution in [1.82, 2.24) is 9.13 Å². The highest BCUT2D eigenvalue weighted by atomic mass is 15.0. The van der Waals surface area contributed by atoms with E-state index in [1.54, 1.807) is 0 Å². The van der Waals surface area contributed by atoms with Crippen molar-refractivity contribution in [2.75, 3.05) is 0 Å². The molecule has 0 aliphatic rings. The van der Waals surface area contributed by atoms with Crippen molar-refractivity contribution < 1.29 is 0 Å². The number of hydrogen-bond donors (Lipinski definition) is 0. The highest BCUT2D eigenvalue weighted by Crippen LogP contribution is 2.34. The first-order valence-electron chi connectivity index (χ1n) is 10.6. The molecule has 0 saturated heterocycles. The zero-order valence-corrected chi connectivity index (χ0v) is 17.4. The number of hydrogen-bond acceptors (Lipinski definition) is 0. The Bertz CT molecular complexity index is 1560. The Morgan fingerprint density at radius 1 is 0.581 bits per heavy atom. The van der Waals surface area contributed by atoms with Crippen LogP contribution in [0, 0.1) is 6.92 Å². The molecule has 0 radical (unpaired) electrons. The third kappa shape index (κ3) is 2.52. The Hall–Kier alpha value is -4.04. The topological polar surface area (TPSA) is 9.86 Å². The normalized spacial score (nSPS) is 11.5. The monoisotopic (exact) mass is 398 g/mol. The van der Waals surface area contributed by atoms with E-state index in [1.807, 2.05) is 6.08 Å². The molecule has 2 aromatic heterocycles. The van der Waals surface area contributed by atoms with E-state index in [0.717, 1.165) is 11.4 Å². The third-order valence-electron chi connectivity index (χ3n) is 6.29. The van der Waals surface area contributed by atoms with Gasteiger partial charge in [-0.05, 0) is 43.3 Å². The molecule has 0 unspecified atom stereocenters. The van der Waals surface area contributed by atoms with Gasteiger partial charge >= 0.3 is 0 Å². The van der Waals surface area contributed by atoms with Gasteiger partial charge in [0.1, 0.15) is 0 Å². The van der Waals surface area contributed by atoms with Crippen LogP contribution in [0.25, 0.3) is 50.2 Å². The molecule has 6 rings (SSSR count). The van der Waals surface area contributed by atoms with Gasteiger partial charge in [0.2, 0.25) is 0 Å². The van der Waals surface area contributed by atoms with Crippen molar-refractivity contribution >= 4 is 38.8 Å². The lowest BCUT2D eigenvalue weighted by Crippen LogP contribution is -2.00. The molecule has 0 aliphatic carbocycles. The first kappa shape index (κ1) is 17.8. The Kier molecular flexibility index (Phi) is 3.87. The van der Waals surface area contributed by atoms with Gasteiger partial charge in [-0.1, -0.05) is 73.3 Å². The summed E-state index contributed by atoms with van der Waals surface area (Å²) in [5, 5.41) is 3.79. The number of para-hydroxylation sites is 3. The standard InChI is InChI=1S/C29H22N2/c1-3-23-20(2)30(27-16-7-4-13-24(23)27)21-11-10-12-22(19-21)31-28-17-8-5-14-25(28)26-15-6-9-18-29(26)31/h3-19H,1H2,2H3. The molecule has 2 heterocycles. The second-order valence-electron chi connectivity index (χ2n) is 7.95. The lowest BCUT2D eigenvalue weighted by atomic mass is 10.1. The molecule has 0 N–H and O–H groups in total. The van der Waals surface area contributed by atoms with Crippen LogP contribution < -0.4 is 0 Å². The molecule has 0 saturated carbocycles. The largest absolute Gasteiger partial charge is 0.313 e. The van der Waals surface area contributed by atoms with E-state index < -0.39 is 0 Å². The summed E-state index contributed by atoms with van der Waals surface area (Å²) in [4.78, 5) is 0. The minimum Gasteiger partial charge on any atom is -0.313 e. The van der Waals surface area contributed by atoms with Crippen LogP contribution in [0.1, 0.15) is 11.3 Å². The van der Waals surface area contributed by atoms with Gasteiger partial charge < -0.3 is 9.13 Å². The van der Waals surface area contributed by atoms with Crippen molar-refractivity contribution in [1.29, 1.82) is 0 Å². The molecule has 0 bridgehead atoms. The van der Waals surface area contributed by atoms with Gasteiger partial charge in [-0.2, -0.15) is 0 Å². The van der Waals surface area contributed by atoms with Gasteiger partial charge in [-0.25, -0.2) is 0 Å². The van der Waals surface area contributed by atoms with Gasteiger partial charge in [0, 0.05) is 38.8 Å². The summed E-state index contributed by atoms with van der Waals surface area (Å²) in [6, 6.07) is 34.6. The van der Waals surface area contributed by atoms with Crippen molar-refractivity contribution in [3.8, 4) is 11.4 Å². The van der Waals surface area contributed by atoms with Crippen LogP contribution in [0.5, 0.6) is 0 Å². The Morgan fingerprint density at radius 2 is 1.06 bits per heavy atom. The van der Waals surface area contributed by atoms with Gasteiger partial charge in [-0.3, -0.25) is 0 Å². The van der Waals surface area contributed by atoms with E-state index in [1.165, 1.54) is 44.0 Å². The molecular formula is C29H22N2. The molecule has 0 spiro atoms. The summed E-state index contributed by atoms with van der Waals surface area (Å²) in [6.07, 6.45) is 1.96. The molecule has 0 aliphatic heterocycles. The molecule has 0 atom stereocenters. The molecule has 4 aromatic carbocycles. The highest BCUT2D eigenvalue weighted by Gasteiger charge is 2.15. The highest BCUT2D eigenvalue weighted by molar-refractivity contribution is 6.09. The molecule has 2 nitrogen and oxygen atoms in total. The lowest BCUT2D eigenvalue weighted by Gasteiger charge is -2.13. The van der Waals surface area contributed by atoms with Crippen molar-refractivity contribution in [2.45, 2.75) is 6.92 Å². The Labute approximate surface area is 181 Å². The van der Waals surface area contributed by atoms with Crippen LogP contribution in [0.2, 0.25) is 0 Å². The summed E-state index contributed by atoms with van der Waals surface area (Å²) in [6.45, 7) is 6.23. The van der Waals surface area contributed by atoms with Gasteiger partial charge in [0.15, 0.2) is 0 Å². The van der Waals surface area contributed by atoms with Crippen LogP contribution >= 0.6 is 0 Å². The second kappa shape index (κ2) is 6.75. The number of nitrogens with zero attached hydrogens (tertiary/aromatic N) is 2. The smallest absolute Gasteiger partial charge is 0.0541 e. The van der Waals surface area contributed by atoms with Gasteiger partial charge in [0.05, 0.1) is 16.6 Å². The fraction of sp³-hybridized carbons (Fsp3) is 0.0345. The summed E-state index contributed by atoms with van der Waals surface area (Å²) < 4.78 is 4.70. The maximum atomic E-state index is 4.06. The SMILES string of the molecule is C=Cc1c(C)n(-c2cccc(-n3c4ccccc4c4ccccc43)c2)c2ccccc12. The molecule has 31 heavy (non-hydrogen) atoms. The minimum absolute atomic E-state index is 1.15. The Morgan fingerprint density at radius 3 is 1.65 bits per heavy atom. The molecule has 0 amide bonds. The predicted molar refractivity (Wildman–Crippen MR) is 132 cm³/mol. The van der Waals surface area contributed by atoms with Crippen LogP contribution in [-0.2, 0) is 0 Å². The van der Waals surface area contributed by atoms with Crippen LogP contribution in [0.3, 0.4) is 0 Å². The summed E-state index contributed by atoms with van der Waals surface area (Å²) in [7, 11) is 0. The average Bonchev–Trinajstić information content (AvgIpc) is 3.30. The maximum absolute atomic E-state index is 4.06. The fourth-order valence-corrected chi connectivity index (χ4v) is 4.95. The van der Waals surface area contributed by atoms with E-state index >= 15 is 0 Å². The third-order valence-corrected chi connectivity index (χ3v) is 6.29. The summed E-state index contributed by atoms with van der Waals surface area (Å²) in [5.74, 6) is 0. The number of rotatable bonds is 3. The first-order chi connectivity index (χ1) is 15.3. The summed E-state index contributed by atoms with van der Waals surface area (Å²) in [5.41, 5.74) is 8.36. The van der Waals surface area contributed by atoms with E-state index in [2.05, 4.69) is 120 Å². The van der Waals surface area contributed by atoms with Gasteiger partial charge in [-0.15, -0.1) is 0 Å². The fourth-order valence-electron chi connectivity index (χ4n) is 4.95. The van der Waals surface area contributed by atoms with E-state index in [4.69, 9.17) is 0 Å². The predicted octanol–water partition coefficient (Wildman–Crippen LogP) is 7.68. The molecule has 6 aromatic rings. The second-order valence-corrected chi connectivity index (χ2v) is 7.95. The first-order valence-corrected chi connectivity index (χ1v) is 10.6. The van der Waals surface area contributed by atoms with E-state index in [0.29, 0.717) is 0 Å². The zero-order chi connectivity index (χ0) is 20.9. The van der Waals surface area contributed by atoms with E-state index in [9.17, 15) is 0 Å². The Balaban J connectivity index is 1.66. The average molecular weight is 399 g/mol. The van der Waals surface area contributed by atoms with Crippen LogP contribution in [0.15, 0.2) is 104 Å². The number of benzene rings is 4. The molecule has 148 valence electrons. The van der Waals surface area contributed by atoms with Crippen molar-refractivity contribution in [3.05, 3.63) is 115 Å². The molecule has 0 fully saturated rings. The van der Waals surface area contributed by atoms with Crippen molar-refractivity contribution in [2.24, 2.45) is 0 Å². The summed E-state index contributed by atoms with van der Waals surface area (Å²) >= 11 is 0. The van der Waals surface area contributed by atoms with Gasteiger partial charge in [0.25, 0.3) is 0 Å². The van der Waals surface area contributed by atoms with Crippen LogP contribution in [-0.4, -0.2) is 9.13 Å². The number of aromatic nitrogens is 2. The minimum atomic E-state index is 1.15. The quantitative estimate of drug-likeness (QED) is 0.289.